The normalized spacial score (nSPS) is 11.0. The van der Waals surface area contributed by atoms with Gasteiger partial charge in [0.1, 0.15) is 6.61 Å². The Kier molecular flexibility index (Phi) is 9.42. The van der Waals surface area contributed by atoms with Crippen molar-refractivity contribution in [3.63, 3.8) is 0 Å². The first-order valence-corrected chi connectivity index (χ1v) is 10.4. The number of likely N-dealkylation sites (N-methyl/N-ethyl adjacent to an activating group) is 1. The summed E-state index contributed by atoms with van der Waals surface area (Å²) in [4.78, 5) is 2.40. The third kappa shape index (κ3) is 7.00. The van der Waals surface area contributed by atoms with Gasteiger partial charge >= 0.3 is 0 Å². The number of hydrogen-bond donors (Lipinski definition) is 1. The zero-order chi connectivity index (χ0) is 19.6. The Morgan fingerprint density at radius 3 is 2.41 bits per heavy atom. The van der Waals surface area contributed by atoms with Crippen LogP contribution in [0.5, 0.6) is 11.5 Å². The molecule has 148 valence electrons. The summed E-state index contributed by atoms with van der Waals surface area (Å²) in [5, 5.41) is 4.21. The number of hydrogen-bond acceptors (Lipinski definition) is 4. The molecule has 0 aliphatic heterocycles. The number of nitrogens with zero attached hydrogens (tertiary/aromatic N) is 1. The maximum atomic E-state index is 5.98. The Hall–Kier alpha value is -1.27. The molecule has 0 heterocycles. The van der Waals surface area contributed by atoms with Gasteiger partial charge in [0.05, 0.1) is 11.6 Å². The van der Waals surface area contributed by atoms with Crippen molar-refractivity contribution >= 4 is 27.5 Å². The molecule has 6 heteroatoms. The Morgan fingerprint density at radius 1 is 1.07 bits per heavy atom. The van der Waals surface area contributed by atoms with Gasteiger partial charge in [-0.25, -0.2) is 0 Å². The molecule has 0 aliphatic rings. The van der Waals surface area contributed by atoms with E-state index >= 15 is 0 Å². The monoisotopic (exact) mass is 454 g/mol. The minimum absolute atomic E-state index is 0.452. The van der Waals surface area contributed by atoms with Crippen LogP contribution in [0.25, 0.3) is 0 Å². The number of rotatable bonds is 11. The van der Waals surface area contributed by atoms with Crippen LogP contribution < -0.4 is 14.8 Å². The minimum Gasteiger partial charge on any atom is -0.493 e. The summed E-state index contributed by atoms with van der Waals surface area (Å²) in [6, 6.07) is 11.7. The molecule has 2 aromatic carbocycles. The first kappa shape index (κ1) is 22.0. The van der Waals surface area contributed by atoms with Crippen molar-refractivity contribution in [2.75, 3.05) is 33.3 Å². The highest BCUT2D eigenvalue weighted by Gasteiger charge is 2.12. The standard InChI is InChI=1S/C21H28BrClN2O2/c1-4-25(5-2)11-10-24-14-17-12-19(22)21(20(13-17)26-3)27-15-16-6-8-18(23)9-7-16/h6-9,12-13,24H,4-5,10-11,14-15H2,1-3H3. The van der Waals surface area contributed by atoms with Gasteiger partial charge in [-0.2, -0.15) is 0 Å². The third-order valence-electron chi connectivity index (χ3n) is 4.41. The topological polar surface area (TPSA) is 33.7 Å². The highest BCUT2D eigenvalue weighted by Crippen LogP contribution is 2.37. The largest absolute Gasteiger partial charge is 0.493 e. The van der Waals surface area contributed by atoms with E-state index in [1.165, 1.54) is 0 Å². The van der Waals surface area contributed by atoms with Crippen LogP contribution in [0.3, 0.4) is 0 Å². The fourth-order valence-corrected chi connectivity index (χ4v) is 3.49. The maximum absolute atomic E-state index is 5.98. The molecule has 27 heavy (non-hydrogen) atoms. The molecule has 2 rings (SSSR count). The van der Waals surface area contributed by atoms with Crippen molar-refractivity contribution < 1.29 is 9.47 Å². The van der Waals surface area contributed by atoms with Gasteiger partial charge in [0.25, 0.3) is 0 Å². The smallest absolute Gasteiger partial charge is 0.175 e. The molecular formula is C21H28BrClN2O2. The van der Waals surface area contributed by atoms with Crippen LogP contribution in [-0.2, 0) is 13.2 Å². The lowest BCUT2D eigenvalue weighted by molar-refractivity contribution is 0.282. The van der Waals surface area contributed by atoms with Crippen molar-refractivity contribution in [3.8, 4) is 11.5 Å². The molecule has 0 atom stereocenters. The molecule has 0 aromatic heterocycles. The molecule has 0 saturated heterocycles. The SMILES string of the molecule is CCN(CC)CCNCc1cc(Br)c(OCc2ccc(Cl)cc2)c(OC)c1. The van der Waals surface area contributed by atoms with E-state index < -0.39 is 0 Å². The zero-order valence-electron chi connectivity index (χ0n) is 16.2. The van der Waals surface area contributed by atoms with Crippen molar-refractivity contribution in [2.24, 2.45) is 0 Å². The van der Waals surface area contributed by atoms with E-state index in [2.05, 4.69) is 46.1 Å². The van der Waals surface area contributed by atoms with E-state index in [1.807, 2.05) is 30.3 Å². The van der Waals surface area contributed by atoms with Crippen LogP contribution in [0, 0.1) is 0 Å². The highest BCUT2D eigenvalue weighted by molar-refractivity contribution is 9.10. The quantitative estimate of drug-likeness (QED) is 0.477. The lowest BCUT2D eigenvalue weighted by Gasteiger charge is -2.18. The molecule has 0 amide bonds. The summed E-state index contributed by atoms with van der Waals surface area (Å²) < 4.78 is 12.4. The van der Waals surface area contributed by atoms with E-state index in [0.717, 1.165) is 59.1 Å². The molecule has 0 bridgehead atoms. The van der Waals surface area contributed by atoms with Crippen LogP contribution in [0.4, 0.5) is 0 Å². The second-order valence-corrected chi connectivity index (χ2v) is 7.52. The first-order chi connectivity index (χ1) is 13.1. The van der Waals surface area contributed by atoms with Crippen LogP contribution in [0.1, 0.15) is 25.0 Å². The van der Waals surface area contributed by atoms with Crippen molar-refractivity contribution in [1.29, 1.82) is 0 Å². The summed E-state index contributed by atoms with van der Waals surface area (Å²) in [6.07, 6.45) is 0. The van der Waals surface area contributed by atoms with E-state index in [-0.39, 0.29) is 0 Å². The fraction of sp³-hybridized carbons (Fsp3) is 0.429. The predicted octanol–water partition coefficient (Wildman–Crippen LogP) is 5.12. The van der Waals surface area contributed by atoms with Gasteiger partial charge in [-0.15, -0.1) is 0 Å². The maximum Gasteiger partial charge on any atom is 0.175 e. The van der Waals surface area contributed by atoms with Crippen LogP contribution in [0.15, 0.2) is 40.9 Å². The van der Waals surface area contributed by atoms with Gasteiger partial charge in [0.2, 0.25) is 0 Å². The van der Waals surface area contributed by atoms with Gasteiger partial charge in [-0.1, -0.05) is 37.6 Å². The van der Waals surface area contributed by atoms with Crippen LogP contribution in [-0.4, -0.2) is 38.2 Å². The van der Waals surface area contributed by atoms with Crippen LogP contribution in [0.2, 0.25) is 5.02 Å². The minimum atomic E-state index is 0.452. The number of methoxy groups -OCH3 is 1. The number of nitrogens with one attached hydrogen (secondary N) is 1. The molecule has 0 unspecified atom stereocenters. The summed E-state index contributed by atoms with van der Waals surface area (Å²) in [7, 11) is 1.66. The fourth-order valence-electron chi connectivity index (χ4n) is 2.76. The number of benzene rings is 2. The average molecular weight is 456 g/mol. The highest BCUT2D eigenvalue weighted by atomic mass is 79.9. The van der Waals surface area contributed by atoms with E-state index in [9.17, 15) is 0 Å². The summed E-state index contributed by atoms with van der Waals surface area (Å²) in [5.41, 5.74) is 2.20. The Morgan fingerprint density at radius 2 is 1.78 bits per heavy atom. The first-order valence-electron chi connectivity index (χ1n) is 9.24. The molecule has 0 spiro atoms. The number of halogens is 2. The second-order valence-electron chi connectivity index (χ2n) is 6.23. The van der Waals surface area contributed by atoms with Gasteiger partial charge in [-0.3, -0.25) is 0 Å². The van der Waals surface area contributed by atoms with Crippen LogP contribution >= 0.6 is 27.5 Å². The van der Waals surface area contributed by atoms with Gasteiger partial charge < -0.3 is 19.7 Å². The van der Waals surface area contributed by atoms with Gasteiger partial charge in [0.15, 0.2) is 11.5 Å². The average Bonchev–Trinajstić information content (AvgIpc) is 2.68. The second kappa shape index (κ2) is 11.5. The van der Waals surface area contributed by atoms with Gasteiger partial charge in [0, 0.05) is 24.7 Å². The molecule has 2 aromatic rings. The summed E-state index contributed by atoms with van der Waals surface area (Å²) >= 11 is 9.54. The molecule has 4 nitrogen and oxygen atoms in total. The van der Waals surface area contributed by atoms with E-state index in [0.29, 0.717) is 12.4 Å². The van der Waals surface area contributed by atoms with E-state index in [1.54, 1.807) is 7.11 Å². The molecular weight excluding hydrogens is 428 g/mol. The summed E-state index contributed by atoms with van der Waals surface area (Å²) in [5.74, 6) is 1.43. The Labute approximate surface area is 175 Å². The number of ether oxygens (including phenoxy) is 2. The lowest BCUT2D eigenvalue weighted by Crippen LogP contribution is -2.31. The molecule has 0 radical (unpaired) electrons. The van der Waals surface area contributed by atoms with Crippen molar-refractivity contribution in [2.45, 2.75) is 27.0 Å². The predicted molar refractivity (Wildman–Crippen MR) is 116 cm³/mol. The van der Waals surface area contributed by atoms with Crippen molar-refractivity contribution in [3.05, 3.63) is 57.0 Å². The van der Waals surface area contributed by atoms with Crippen molar-refractivity contribution in [1.82, 2.24) is 10.2 Å². The molecule has 0 aliphatic carbocycles. The lowest BCUT2D eigenvalue weighted by atomic mass is 10.2. The molecule has 0 fully saturated rings. The molecule has 0 saturated carbocycles. The van der Waals surface area contributed by atoms with E-state index in [4.69, 9.17) is 21.1 Å². The zero-order valence-corrected chi connectivity index (χ0v) is 18.6. The third-order valence-corrected chi connectivity index (χ3v) is 5.26. The summed E-state index contributed by atoms with van der Waals surface area (Å²) in [6.45, 7) is 9.78. The van der Waals surface area contributed by atoms with Gasteiger partial charge in [-0.05, 0) is 64.4 Å². The Balaban J connectivity index is 1.96. The molecule has 1 N–H and O–H groups in total. The Bertz CT molecular complexity index is 706.